The average Bonchev–Trinajstić information content (AvgIpc) is 3.18. The summed E-state index contributed by atoms with van der Waals surface area (Å²) >= 11 is 0. The summed E-state index contributed by atoms with van der Waals surface area (Å²) in [5.41, 5.74) is 6.83. The summed E-state index contributed by atoms with van der Waals surface area (Å²) in [4.78, 5) is 3.70. The Kier molecular flexibility index (Phi) is 5.02. The van der Waals surface area contributed by atoms with E-state index >= 15 is 4.39 Å². The predicted molar refractivity (Wildman–Crippen MR) is 135 cm³/mol. The summed E-state index contributed by atoms with van der Waals surface area (Å²) in [7, 11) is 1.94. The van der Waals surface area contributed by atoms with Crippen LogP contribution in [0.3, 0.4) is 0 Å². The van der Waals surface area contributed by atoms with Crippen molar-refractivity contribution in [2.75, 3.05) is 0 Å². The monoisotopic (exact) mass is 449 g/mol. The molecule has 3 aromatic carbocycles. The fourth-order valence-corrected chi connectivity index (χ4v) is 4.66. The number of nitrogens with zero attached hydrogens (tertiary/aromatic N) is 2. The first-order valence-electron chi connectivity index (χ1n) is 11.3. The first-order valence-corrected chi connectivity index (χ1v) is 11.3. The topological polar surface area (TPSA) is 21.4 Å². The normalized spacial score (nSPS) is 11.8. The number of halogens is 1. The molecule has 168 valence electrons. The summed E-state index contributed by atoms with van der Waals surface area (Å²) in [6.45, 7) is 15.7. The molecule has 0 radical (unpaired) electrons. The fraction of sp³-hybridized carbons (Fsp3) is 0.200. The van der Waals surface area contributed by atoms with Gasteiger partial charge in [0, 0.05) is 22.4 Å². The molecule has 2 aromatic heterocycles. The first kappa shape index (κ1) is 21.9. The molecule has 34 heavy (non-hydrogen) atoms. The van der Waals surface area contributed by atoms with Crippen molar-refractivity contribution in [3.63, 3.8) is 0 Å². The molecule has 0 aliphatic rings. The largest absolute Gasteiger partial charge is 0.455 e. The number of fused-ring (bicyclic) bond motifs is 3. The zero-order chi connectivity index (χ0) is 24.2. The second-order valence-corrected chi connectivity index (χ2v) is 9.87. The highest BCUT2D eigenvalue weighted by Crippen LogP contribution is 2.42. The number of pyridine rings is 1. The summed E-state index contributed by atoms with van der Waals surface area (Å²) in [6.07, 6.45) is 1.87. The molecule has 5 rings (SSSR count). The van der Waals surface area contributed by atoms with Crippen LogP contribution in [0.4, 0.5) is 10.1 Å². The van der Waals surface area contributed by atoms with Gasteiger partial charge in [-0.05, 0) is 35.6 Å². The van der Waals surface area contributed by atoms with E-state index < -0.39 is 0 Å². The van der Waals surface area contributed by atoms with E-state index in [0.29, 0.717) is 16.8 Å². The lowest BCUT2D eigenvalue weighted by Crippen LogP contribution is -2.34. The molecular weight excluding hydrogens is 423 g/mol. The second-order valence-electron chi connectivity index (χ2n) is 9.87. The third-order valence-electron chi connectivity index (χ3n) is 6.44. The maximum atomic E-state index is 15.3. The molecular formula is C30H26FN2O+. The Morgan fingerprint density at radius 3 is 2.35 bits per heavy atom. The predicted octanol–water partition coefficient (Wildman–Crippen LogP) is 8.04. The molecule has 0 fully saturated rings. The van der Waals surface area contributed by atoms with E-state index in [1.165, 1.54) is 0 Å². The van der Waals surface area contributed by atoms with Crippen molar-refractivity contribution in [3.05, 3.63) is 95.2 Å². The Morgan fingerprint density at radius 2 is 1.68 bits per heavy atom. The SMILES string of the molecule is [C-]#[N+]c1cc(-c2ccccc2)c2oc3c(-c4cc(F)c(C(C)(C)C)c[n+]4C)c(C)ccc3c2c1. The maximum Gasteiger partial charge on any atom is 0.219 e. The summed E-state index contributed by atoms with van der Waals surface area (Å²) in [6, 6.07) is 19.4. The van der Waals surface area contributed by atoms with Gasteiger partial charge in [0.15, 0.2) is 11.9 Å². The van der Waals surface area contributed by atoms with Gasteiger partial charge in [0.2, 0.25) is 5.69 Å². The van der Waals surface area contributed by atoms with Crippen LogP contribution in [-0.2, 0) is 12.5 Å². The van der Waals surface area contributed by atoms with E-state index in [0.717, 1.165) is 44.3 Å². The quantitative estimate of drug-likeness (QED) is 0.197. The standard InChI is InChI=1S/C30H26FN2O/c1-18-12-13-21-23-15-20(32-5)14-22(19-10-8-7-9-11-19)28(23)34-29(21)27(18)26-16-25(31)24(17-33(26)6)30(2,3)4/h7-17H,1-4,6H3/q+1. The van der Waals surface area contributed by atoms with Crippen molar-refractivity contribution in [3.8, 4) is 22.4 Å². The van der Waals surface area contributed by atoms with Gasteiger partial charge < -0.3 is 4.42 Å². The number of hydrogen-bond donors (Lipinski definition) is 0. The number of furan rings is 1. The van der Waals surface area contributed by atoms with Crippen LogP contribution in [0.25, 0.3) is 49.2 Å². The third kappa shape index (κ3) is 3.45. The number of rotatable bonds is 2. The van der Waals surface area contributed by atoms with Gasteiger partial charge in [-0.1, -0.05) is 63.2 Å². The van der Waals surface area contributed by atoms with Crippen LogP contribution in [0.5, 0.6) is 0 Å². The molecule has 4 heteroatoms. The van der Waals surface area contributed by atoms with E-state index in [2.05, 4.69) is 4.85 Å². The smallest absolute Gasteiger partial charge is 0.219 e. The van der Waals surface area contributed by atoms with Crippen molar-refractivity contribution >= 4 is 27.6 Å². The molecule has 0 N–H and O–H groups in total. The molecule has 0 amide bonds. The minimum atomic E-state index is -0.304. The van der Waals surface area contributed by atoms with Crippen molar-refractivity contribution in [1.29, 1.82) is 0 Å². The molecule has 0 saturated carbocycles. The number of aromatic nitrogens is 1. The summed E-state index contributed by atoms with van der Waals surface area (Å²) < 4.78 is 23.8. The van der Waals surface area contributed by atoms with Gasteiger partial charge in [-0.25, -0.2) is 13.8 Å². The van der Waals surface area contributed by atoms with Gasteiger partial charge >= 0.3 is 0 Å². The van der Waals surface area contributed by atoms with Gasteiger partial charge in [-0.3, -0.25) is 0 Å². The van der Waals surface area contributed by atoms with Crippen LogP contribution < -0.4 is 4.57 Å². The minimum absolute atomic E-state index is 0.228. The van der Waals surface area contributed by atoms with E-state index in [4.69, 9.17) is 11.0 Å². The minimum Gasteiger partial charge on any atom is -0.455 e. The lowest BCUT2D eigenvalue weighted by Gasteiger charge is -2.18. The molecule has 0 spiro atoms. The van der Waals surface area contributed by atoms with Crippen molar-refractivity contribution < 1.29 is 13.4 Å². The molecule has 3 nitrogen and oxygen atoms in total. The van der Waals surface area contributed by atoms with Crippen molar-refractivity contribution in [2.45, 2.75) is 33.1 Å². The Bertz CT molecular complexity index is 1620. The fourth-order valence-electron chi connectivity index (χ4n) is 4.66. The van der Waals surface area contributed by atoms with Crippen molar-refractivity contribution in [2.24, 2.45) is 7.05 Å². The van der Waals surface area contributed by atoms with Gasteiger partial charge in [0.1, 0.15) is 24.0 Å². The summed E-state index contributed by atoms with van der Waals surface area (Å²) in [5, 5.41) is 1.80. The average molecular weight is 450 g/mol. The van der Waals surface area contributed by atoms with Crippen LogP contribution in [0, 0.1) is 19.3 Å². The molecule has 0 bridgehead atoms. The molecule has 0 aliphatic carbocycles. The summed E-state index contributed by atoms with van der Waals surface area (Å²) in [5.74, 6) is -0.228. The molecule has 5 aromatic rings. The van der Waals surface area contributed by atoms with Gasteiger partial charge in [-0.2, -0.15) is 0 Å². The number of benzene rings is 3. The molecule has 2 heterocycles. The Hall–Kier alpha value is -3.97. The third-order valence-corrected chi connectivity index (χ3v) is 6.44. The Morgan fingerprint density at radius 1 is 0.941 bits per heavy atom. The van der Waals surface area contributed by atoms with E-state index in [-0.39, 0.29) is 11.2 Å². The highest BCUT2D eigenvalue weighted by atomic mass is 19.1. The lowest BCUT2D eigenvalue weighted by molar-refractivity contribution is -0.661. The number of aryl methyl sites for hydroxylation is 2. The van der Waals surface area contributed by atoms with Crippen LogP contribution in [0.1, 0.15) is 31.9 Å². The zero-order valence-corrected chi connectivity index (χ0v) is 20.0. The highest BCUT2D eigenvalue weighted by Gasteiger charge is 2.27. The maximum absolute atomic E-state index is 15.3. The van der Waals surface area contributed by atoms with E-state index in [1.807, 2.05) is 100 Å². The van der Waals surface area contributed by atoms with Crippen LogP contribution in [0.15, 0.2) is 71.3 Å². The Balaban J connectivity index is 1.86. The lowest BCUT2D eigenvalue weighted by atomic mass is 9.87. The first-order chi connectivity index (χ1) is 16.2. The van der Waals surface area contributed by atoms with E-state index in [9.17, 15) is 0 Å². The second kappa shape index (κ2) is 7.81. The van der Waals surface area contributed by atoms with Gasteiger partial charge in [0.05, 0.1) is 17.7 Å². The van der Waals surface area contributed by atoms with Gasteiger partial charge in [0.25, 0.3) is 0 Å². The van der Waals surface area contributed by atoms with Crippen LogP contribution in [-0.4, -0.2) is 0 Å². The number of hydrogen-bond acceptors (Lipinski definition) is 1. The Labute approximate surface area is 198 Å². The molecule has 0 unspecified atom stereocenters. The highest BCUT2D eigenvalue weighted by molar-refractivity contribution is 6.14. The molecule has 0 saturated heterocycles. The molecule has 0 atom stereocenters. The van der Waals surface area contributed by atoms with Crippen LogP contribution >= 0.6 is 0 Å². The van der Waals surface area contributed by atoms with Crippen molar-refractivity contribution in [1.82, 2.24) is 0 Å². The zero-order valence-electron chi connectivity index (χ0n) is 20.0. The van der Waals surface area contributed by atoms with Crippen LogP contribution in [0.2, 0.25) is 0 Å². The molecule has 0 aliphatic heterocycles. The van der Waals surface area contributed by atoms with E-state index in [1.54, 1.807) is 6.07 Å². The van der Waals surface area contributed by atoms with Gasteiger partial charge in [-0.15, -0.1) is 0 Å².